The standard InChI is InChI=1S/C17H24N2O5/c1-17(2,3)24-16(22)19-9-13(10-19)14(20)18-15(21)23-11-12-7-5-4-6-8-12/h4-8,13-14,20H,9-11H2,1-3H3,(H,18,21). The summed E-state index contributed by atoms with van der Waals surface area (Å²) in [6.45, 7) is 6.17. The first-order valence-corrected chi connectivity index (χ1v) is 7.88. The molecule has 0 aromatic heterocycles. The Morgan fingerprint density at radius 1 is 1.29 bits per heavy atom. The molecular formula is C17H24N2O5. The normalized spacial score (nSPS) is 16.1. The van der Waals surface area contributed by atoms with Gasteiger partial charge in [0.15, 0.2) is 0 Å². The second-order valence-corrected chi connectivity index (χ2v) is 6.80. The lowest BCUT2D eigenvalue weighted by Gasteiger charge is -2.41. The van der Waals surface area contributed by atoms with E-state index < -0.39 is 24.0 Å². The van der Waals surface area contributed by atoms with E-state index >= 15 is 0 Å². The third kappa shape index (κ3) is 5.42. The highest BCUT2D eigenvalue weighted by molar-refractivity contribution is 5.69. The minimum absolute atomic E-state index is 0.133. The average Bonchev–Trinajstić information content (AvgIpc) is 2.42. The summed E-state index contributed by atoms with van der Waals surface area (Å²) >= 11 is 0. The zero-order valence-electron chi connectivity index (χ0n) is 14.2. The molecule has 132 valence electrons. The fraction of sp³-hybridized carbons (Fsp3) is 0.529. The number of likely N-dealkylation sites (tertiary alicyclic amines) is 1. The van der Waals surface area contributed by atoms with Gasteiger partial charge in [-0.1, -0.05) is 30.3 Å². The Balaban J connectivity index is 1.68. The van der Waals surface area contributed by atoms with Crippen LogP contribution in [0.15, 0.2) is 30.3 Å². The average molecular weight is 336 g/mol. The van der Waals surface area contributed by atoms with E-state index in [0.717, 1.165) is 5.56 Å². The van der Waals surface area contributed by atoms with E-state index in [1.54, 1.807) is 20.8 Å². The molecule has 0 aliphatic carbocycles. The summed E-state index contributed by atoms with van der Waals surface area (Å²) in [7, 11) is 0. The fourth-order valence-corrected chi connectivity index (χ4v) is 2.19. The van der Waals surface area contributed by atoms with Gasteiger partial charge < -0.3 is 19.5 Å². The summed E-state index contributed by atoms with van der Waals surface area (Å²) in [5.74, 6) is -0.234. The lowest BCUT2D eigenvalue weighted by molar-refractivity contribution is -0.0386. The largest absolute Gasteiger partial charge is 0.445 e. The number of hydrogen-bond donors (Lipinski definition) is 2. The maximum absolute atomic E-state index is 11.8. The van der Waals surface area contributed by atoms with Crippen LogP contribution in [0, 0.1) is 5.92 Å². The number of alkyl carbamates (subject to hydrolysis) is 1. The van der Waals surface area contributed by atoms with Crippen molar-refractivity contribution in [3.8, 4) is 0 Å². The van der Waals surface area contributed by atoms with Crippen molar-refractivity contribution in [3.63, 3.8) is 0 Å². The van der Waals surface area contributed by atoms with Crippen LogP contribution in [-0.2, 0) is 16.1 Å². The lowest BCUT2D eigenvalue weighted by Crippen LogP contribution is -2.59. The minimum atomic E-state index is -1.06. The predicted octanol–water partition coefficient (Wildman–Crippen LogP) is 2.10. The highest BCUT2D eigenvalue weighted by Gasteiger charge is 2.38. The highest BCUT2D eigenvalue weighted by Crippen LogP contribution is 2.21. The van der Waals surface area contributed by atoms with Crippen LogP contribution in [0.2, 0.25) is 0 Å². The second-order valence-electron chi connectivity index (χ2n) is 6.80. The topological polar surface area (TPSA) is 88.1 Å². The molecule has 1 atom stereocenters. The SMILES string of the molecule is CC(C)(C)OC(=O)N1CC(C(O)NC(=O)OCc2ccccc2)C1. The van der Waals surface area contributed by atoms with Gasteiger partial charge in [-0.3, -0.25) is 5.32 Å². The first-order chi connectivity index (χ1) is 11.2. The summed E-state index contributed by atoms with van der Waals surface area (Å²) in [5, 5.41) is 12.4. The van der Waals surface area contributed by atoms with Crippen molar-refractivity contribution in [1.29, 1.82) is 0 Å². The highest BCUT2D eigenvalue weighted by atomic mass is 16.6. The number of hydrogen-bond acceptors (Lipinski definition) is 5. The molecule has 1 aromatic rings. The van der Waals surface area contributed by atoms with Gasteiger partial charge in [0.25, 0.3) is 0 Å². The van der Waals surface area contributed by atoms with E-state index in [1.165, 1.54) is 4.90 Å². The number of ether oxygens (including phenoxy) is 2. The molecule has 1 heterocycles. The number of nitrogens with one attached hydrogen (secondary N) is 1. The molecule has 0 bridgehead atoms. The predicted molar refractivity (Wildman–Crippen MR) is 87.1 cm³/mol. The number of carbonyl (C=O) groups is 2. The molecule has 2 rings (SSSR count). The fourth-order valence-electron chi connectivity index (χ4n) is 2.19. The van der Waals surface area contributed by atoms with Crippen molar-refractivity contribution in [1.82, 2.24) is 10.2 Å². The summed E-state index contributed by atoms with van der Waals surface area (Å²) in [6.07, 6.45) is -2.17. The van der Waals surface area contributed by atoms with Crippen LogP contribution >= 0.6 is 0 Å². The number of aliphatic hydroxyl groups excluding tert-OH is 1. The van der Waals surface area contributed by atoms with Gasteiger partial charge in [-0.25, -0.2) is 9.59 Å². The zero-order valence-corrected chi connectivity index (χ0v) is 14.2. The Kier molecular flexibility index (Phi) is 5.66. The molecule has 24 heavy (non-hydrogen) atoms. The molecule has 0 spiro atoms. The Hall–Kier alpha value is -2.28. The van der Waals surface area contributed by atoms with Crippen LogP contribution in [0.1, 0.15) is 26.3 Å². The summed E-state index contributed by atoms with van der Waals surface area (Å²) in [5.41, 5.74) is 0.308. The molecule has 1 saturated heterocycles. The smallest absolute Gasteiger partial charge is 0.410 e. The molecule has 1 aliphatic rings. The van der Waals surface area contributed by atoms with Crippen molar-refractivity contribution in [3.05, 3.63) is 35.9 Å². The third-order valence-corrected chi connectivity index (χ3v) is 3.49. The van der Waals surface area contributed by atoms with Crippen LogP contribution < -0.4 is 5.32 Å². The van der Waals surface area contributed by atoms with Crippen LogP contribution in [0.3, 0.4) is 0 Å². The van der Waals surface area contributed by atoms with Gasteiger partial charge in [-0.15, -0.1) is 0 Å². The van der Waals surface area contributed by atoms with Gasteiger partial charge in [0, 0.05) is 19.0 Å². The molecule has 1 aromatic carbocycles. The second kappa shape index (κ2) is 7.53. The van der Waals surface area contributed by atoms with Gasteiger partial charge >= 0.3 is 12.2 Å². The third-order valence-electron chi connectivity index (χ3n) is 3.49. The van der Waals surface area contributed by atoms with Crippen molar-refractivity contribution >= 4 is 12.2 Å². The van der Waals surface area contributed by atoms with Crippen LogP contribution in [0.5, 0.6) is 0 Å². The van der Waals surface area contributed by atoms with Gasteiger partial charge in [0.2, 0.25) is 0 Å². The first-order valence-electron chi connectivity index (χ1n) is 7.88. The maximum atomic E-state index is 11.8. The summed E-state index contributed by atoms with van der Waals surface area (Å²) < 4.78 is 10.3. The Labute approximate surface area is 141 Å². The van der Waals surface area contributed by atoms with E-state index in [2.05, 4.69) is 5.32 Å². The number of amides is 2. The van der Waals surface area contributed by atoms with Crippen LogP contribution in [-0.4, -0.2) is 47.1 Å². The molecular weight excluding hydrogens is 312 g/mol. The Bertz CT molecular complexity index is 564. The Morgan fingerprint density at radius 3 is 2.50 bits per heavy atom. The number of aliphatic hydroxyl groups is 1. The molecule has 7 nitrogen and oxygen atoms in total. The number of rotatable bonds is 4. The quantitative estimate of drug-likeness (QED) is 0.822. The van der Waals surface area contributed by atoms with E-state index in [9.17, 15) is 14.7 Å². The monoisotopic (exact) mass is 336 g/mol. The zero-order chi connectivity index (χ0) is 17.7. The number of benzene rings is 1. The summed E-state index contributed by atoms with van der Waals surface area (Å²) in [4.78, 5) is 25.0. The van der Waals surface area contributed by atoms with Crippen molar-refractivity contribution < 1.29 is 24.2 Å². The van der Waals surface area contributed by atoms with E-state index in [-0.39, 0.29) is 12.5 Å². The van der Waals surface area contributed by atoms with Crippen LogP contribution in [0.25, 0.3) is 0 Å². The molecule has 7 heteroatoms. The number of nitrogens with zero attached hydrogens (tertiary/aromatic N) is 1. The van der Waals surface area contributed by atoms with E-state index in [1.807, 2.05) is 30.3 Å². The first kappa shape index (κ1) is 18.1. The van der Waals surface area contributed by atoms with Gasteiger partial charge in [0.05, 0.1) is 0 Å². The minimum Gasteiger partial charge on any atom is -0.445 e. The molecule has 0 radical (unpaired) electrons. The molecule has 1 unspecified atom stereocenters. The molecule has 2 amide bonds. The van der Waals surface area contributed by atoms with Crippen molar-refractivity contribution in [2.45, 2.75) is 39.2 Å². The lowest BCUT2D eigenvalue weighted by atomic mass is 9.99. The number of carbonyl (C=O) groups excluding carboxylic acids is 2. The summed E-state index contributed by atoms with van der Waals surface area (Å²) in [6, 6.07) is 9.26. The van der Waals surface area contributed by atoms with Crippen LogP contribution in [0.4, 0.5) is 9.59 Å². The van der Waals surface area contributed by atoms with E-state index in [0.29, 0.717) is 13.1 Å². The van der Waals surface area contributed by atoms with Crippen molar-refractivity contribution in [2.24, 2.45) is 5.92 Å². The molecule has 0 saturated carbocycles. The molecule has 1 fully saturated rings. The van der Waals surface area contributed by atoms with Gasteiger partial charge in [-0.2, -0.15) is 0 Å². The molecule has 1 aliphatic heterocycles. The maximum Gasteiger partial charge on any atom is 0.410 e. The van der Waals surface area contributed by atoms with Gasteiger partial charge in [-0.05, 0) is 26.3 Å². The molecule has 2 N–H and O–H groups in total. The van der Waals surface area contributed by atoms with E-state index in [4.69, 9.17) is 9.47 Å². The van der Waals surface area contributed by atoms with Crippen molar-refractivity contribution in [2.75, 3.05) is 13.1 Å². The Morgan fingerprint density at radius 2 is 1.92 bits per heavy atom. The van der Waals surface area contributed by atoms with Gasteiger partial charge in [0.1, 0.15) is 18.4 Å².